The monoisotopic (exact) mass is 301 g/mol. The highest BCUT2D eigenvalue weighted by Crippen LogP contribution is 2.28. The van der Waals surface area contributed by atoms with Crippen LogP contribution < -0.4 is 5.32 Å². The number of nitrogens with one attached hydrogen (secondary N) is 1. The van der Waals surface area contributed by atoms with Crippen molar-refractivity contribution in [3.8, 4) is 0 Å². The first kappa shape index (κ1) is 18.0. The fourth-order valence-corrected chi connectivity index (χ4v) is 2.13. The van der Waals surface area contributed by atoms with Crippen LogP contribution in [0.25, 0.3) is 0 Å². The Kier molecular flexibility index (Phi) is 5.85. The van der Waals surface area contributed by atoms with Gasteiger partial charge in [-0.25, -0.2) is 13.2 Å². The van der Waals surface area contributed by atoms with E-state index >= 15 is 0 Å². The SMILES string of the molecule is CC(C)(CCNC(C)(C)C)CCc1cc(F)c(F)cc1F. The maximum absolute atomic E-state index is 13.6. The van der Waals surface area contributed by atoms with E-state index in [1.165, 1.54) is 0 Å². The van der Waals surface area contributed by atoms with Gasteiger partial charge in [-0.1, -0.05) is 13.8 Å². The van der Waals surface area contributed by atoms with E-state index < -0.39 is 17.5 Å². The van der Waals surface area contributed by atoms with Crippen LogP contribution in [0.5, 0.6) is 0 Å². The van der Waals surface area contributed by atoms with Crippen molar-refractivity contribution >= 4 is 0 Å². The summed E-state index contributed by atoms with van der Waals surface area (Å²) in [5, 5.41) is 3.42. The van der Waals surface area contributed by atoms with Crippen molar-refractivity contribution in [2.75, 3.05) is 6.54 Å². The fraction of sp³-hybridized carbons (Fsp3) is 0.647. The van der Waals surface area contributed by atoms with Gasteiger partial charge in [0, 0.05) is 11.6 Å². The number of hydrogen-bond donors (Lipinski definition) is 1. The predicted molar refractivity (Wildman–Crippen MR) is 80.8 cm³/mol. The summed E-state index contributed by atoms with van der Waals surface area (Å²) >= 11 is 0. The summed E-state index contributed by atoms with van der Waals surface area (Å²) in [5.41, 5.74) is 0.323. The average molecular weight is 301 g/mol. The Labute approximate surface area is 125 Å². The number of rotatable bonds is 6. The standard InChI is InChI=1S/C17H26F3N/c1-16(2,3)21-9-8-17(4,5)7-6-12-10-14(19)15(20)11-13(12)18/h10-11,21H,6-9H2,1-5H3. The average Bonchev–Trinajstić information content (AvgIpc) is 2.30. The molecule has 0 bridgehead atoms. The fourth-order valence-electron chi connectivity index (χ4n) is 2.13. The number of aryl methyl sites for hydroxylation is 1. The third-order valence-electron chi connectivity index (χ3n) is 3.62. The molecule has 0 unspecified atom stereocenters. The zero-order chi connectivity index (χ0) is 16.3. The molecular formula is C17H26F3N. The molecule has 0 atom stereocenters. The van der Waals surface area contributed by atoms with E-state index in [0.717, 1.165) is 25.5 Å². The highest BCUT2D eigenvalue weighted by atomic mass is 19.2. The molecule has 0 fully saturated rings. The van der Waals surface area contributed by atoms with E-state index in [1.807, 2.05) is 0 Å². The second-order valence-corrected chi connectivity index (χ2v) is 7.45. The highest BCUT2D eigenvalue weighted by Gasteiger charge is 2.20. The van der Waals surface area contributed by atoms with Crippen LogP contribution >= 0.6 is 0 Å². The largest absolute Gasteiger partial charge is 0.312 e. The first-order valence-electron chi connectivity index (χ1n) is 7.39. The maximum Gasteiger partial charge on any atom is 0.161 e. The molecule has 0 heterocycles. The molecule has 0 amide bonds. The molecule has 0 aliphatic heterocycles. The van der Waals surface area contributed by atoms with Gasteiger partial charge in [0.15, 0.2) is 11.6 Å². The second kappa shape index (κ2) is 6.82. The lowest BCUT2D eigenvalue weighted by Gasteiger charge is -2.28. The molecule has 1 aromatic rings. The molecule has 0 radical (unpaired) electrons. The van der Waals surface area contributed by atoms with E-state index in [0.29, 0.717) is 12.5 Å². The molecule has 21 heavy (non-hydrogen) atoms. The van der Waals surface area contributed by atoms with Crippen molar-refractivity contribution < 1.29 is 13.2 Å². The summed E-state index contributed by atoms with van der Waals surface area (Å²) in [6, 6.07) is 1.59. The number of halogens is 3. The van der Waals surface area contributed by atoms with E-state index in [2.05, 4.69) is 39.9 Å². The molecule has 1 aromatic carbocycles. The summed E-state index contributed by atoms with van der Waals surface area (Å²) in [7, 11) is 0. The molecule has 1 rings (SSSR count). The van der Waals surface area contributed by atoms with Crippen LogP contribution in [-0.4, -0.2) is 12.1 Å². The summed E-state index contributed by atoms with van der Waals surface area (Å²) in [5.74, 6) is -2.79. The van der Waals surface area contributed by atoms with Crippen LogP contribution in [0, 0.1) is 22.9 Å². The molecule has 1 N–H and O–H groups in total. The molecule has 0 saturated carbocycles. The van der Waals surface area contributed by atoms with Crippen molar-refractivity contribution in [1.82, 2.24) is 5.32 Å². The molecule has 0 aromatic heterocycles. The molecule has 0 aliphatic carbocycles. The normalized spacial score (nSPS) is 12.8. The van der Waals surface area contributed by atoms with E-state index in [-0.39, 0.29) is 16.5 Å². The summed E-state index contributed by atoms with van der Waals surface area (Å²) in [6.45, 7) is 11.4. The lowest BCUT2D eigenvalue weighted by atomic mass is 9.83. The zero-order valence-electron chi connectivity index (χ0n) is 13.6. The van der Waals surface area contributed by atoms with E-state index in [4.69, 9.17) is 0 Å². The Balaban J connectivity index is 2.55. The molecular weight excluding hydrogens is 275 g/mol. The van der Waals surface area contributed by atoms with Crippen LogP contribution in [-0.2, 0) is 6.42 Å². The lowest BCUT2D eigenvalue weighted by Crippen LogP contribution is -2.38. The summed E-state index contributed by atoms with van der Waals surface area (Å²) in [4.78, 5) is 0. The molecule has 0 aliphatic rings. The van der Waals surface area contributed by atoms with Crippen molar-refractivity contribution in [3.63, 3.8) is 0 Å². The van der Waals surface area contributed by atoms with Crippen LogP contribution in [0.15, 0.2) is 12.1 Å². The Bertz CT molecular complexity index is 476. The quantitative estimate of drug-likeness (QED) is 0.741. The van der Waals surface area contributed by atoms with Gasteiger partial charge >= 0.3 is 0 Å². The van der Waals surface area contributed by atoms with Crippen LogP contribution in [0.2, 0.25) is 0 Å². The van der Waals surface area contributed by atoms with Gasteiger partial charge in [-0.15, -0.1) is 0 Å². The molecule has 0 saturated heterocycles. The minimum Gasteiger partial charge on any atom is -0.312 e. The second-order valence-electron chi connectivity index (χ2n) is 7.45. The van der Waals surface area contributed by atoms with E-state index in [9.17, 15) is 13.2 Å². The van der Waals surface area contributed by atoms with Gasteiger partial charge in [0.25, 0.3) is 0 Å². The van der Waals surface area contributed by atoms with Crippen LogP contribution in [0.4, 0.5) is 13.2 Å². The van der Waals surface area contributed by atoms with Gasteiger partial charge in [0.1, 0.15) is 5.82 Å². The topological polar surface area (TPSA) is 12.0 Å². The Morgan fingerprint density at radius 2 is 1.43 bits per heavy atom. The van der Waals surface area contributed by atoms with Crippen molar-refractivity contribution in [3.05, 3.63) is 35.1 Å². The first-order valence-corrected chi connectivity index (χ1v) is 7.39. The van der Waals surface area contributed by atoms with Crippen LogP contribution in [0.1, 0.15) is 53.0 Å². The Hall–Kier alpha value is -1.03. The van der Waals surface area contributed by atoms with Crippen molar-refractivity contribution in [1.29, 1.82) is 0 Å². The molecule has 4 heteroatoms. The smallest absolute Gasteiger partial charge is 0.161 e. The van der Waals surface area contributed by atoms with E-state index in [1.54, 1.807) is 0 Å². The summed E-state index contributed by atoms with van der Waals surface area (Å²) in [6.07, 6.45) is 2.07. The third-order valence-corrected chi connectivity index (χ3v) is 3.62. The van der Waals surface area contributed by atoms with Gasteiger partial charge in [-0.2, -0.15) is 0 Å². The maximum atomic E-state index is 13.6. The van der Waals surface area contributed by atoms with Gasteiger partial charge < -0.3 is 5.32 Å². The van der Waals surface area contributed by atoms with Gasteiger partial charge in [0.2, 0.25) is 0 Å². The van der Waals surface area contributed by atoms with Gasteiger partial charge in [-0.3, -0.25) is 0 Å². The van der Waals surface area contributed by atoms with Crippen molar-refractivity contribution in [2.45, 2.75) is 59.4 Å². The predicted octanol–water partition coefficient (Wildman–Crippen LogP) is 4.84. The minimum atomic E-state index is -1.13. The lowest BCUT2D eigenvalue weighted by molar-refractivity contribution is 0.283. The molecule has 0 spiro atoms. The van der Waals surface area contributed by atoms with Crippen LogP contribution in [0.3, 0.4) is 0 Å². The van der Waals surface area contributed by atoms with Gasteiger partial charge in [-0.05, 0) is 63.6 Å². The number of hydrogen-bond acceptors (Lipinski definition) is 1. The minimum absolute atomic E-state index is 0.00948. The zero-order valence-corrected chi connectivity index (χ0v) is 13.6. The number of benzene rings is 1. The Morgan fingerprint density at radius 3 is 2.00 bits per heavy atom. The Morgan fingerprint density at radius 1 is 0.857 bits per heavy atom. The molecule has 1 nitrogen and oxygen atoms in total. The van der Waals surface area contributed by atoms with Crippen molar-refractivity contribution in [2.24, 2.45) is 5.41 Å². The van der Waals surface area contributed by atoms with Gasteiger partial charge in [0.05, 0.1) is 0 Å². The summed E-state index contributed by atoms with van der Waals surface area (Å²) < 4.78 is 39.6. The first-order chi connectivity index (χ1) is 9.50. The third kappa shape index (κ3) is 6.51. The highest BCUT2D eigenvalue weighted by molar-refractivity contribution is 5.20. The molecule has 120 valence electrons.